The third kappa shape index (κ3) is 6.91. The number of carbonyl (C=O) groups excluding carboxylic acids is 1. The van der Waals surface area contributed by atoms with Crippen molar-refractivity contribution in [2.24, 2.45) is 0 Å². The van der Waals surface area contributed by atoms with Crippen LogP contribution in [-0.4, -0.2) is 50.7 Å². The summed E-state index contributed by atoms with van der Waals surface area (Å²) in [6.45, 7) is 4.14. The van der Waals surface area contributed by atoms with Gasteiger partial charge in [0.1, 0.15) is 18.1 Å². The molecule has 0 aliphatic carbocycles. The first kappa shape index (κ1) is 17.6. The fraction of sp³-hybridized carbons (Fsp3) is 0.611. The number of hydrogen-bond acceptors (Lipinski definition) is 4. The highest BCUT2D eigenvalue weighted by Gasteiger charge is 2.10. The molecule has 0 aromatic heterocycles. The molecule has 0 atom stereocenters. The van der Waals surface area contributed by atoms with Crippen LogP contribution in [0.1, 0.15) is 32.1 Å². The van der Waals surface area contributed by atoms with Crippen LogP contribution in [0, 0.1) is 0 Å². The second kappa shape index (κ2) is 10.1. The number of amides is 1. The third-order valence-electron chi connectivity index (χ3n) is 4.11. The quantitative estimate of drug-likeness (QED) is 0.748. The molecule has 0 radical (unpaired) electrons. The van der Waals surface area contributed by atoms with Gasteiger partial charge in [0.15, 0.2) is 0 Å². The highest BCUT2D eigenvalue weighted by Crippen LogP contribution is 2.16. The number of likely N-dealkylation sites (tertiary alicyclic amines) is 1. The summed E-state index contributed by atoms with van der Waals surface area (Å²) in [5, 5.41) is 2.92. The van der Waals surface area contributed by atoms with Gasteiger partial charge in [0.05, 0.1) is 13.7 Å². The van der Waals surface area contributed by atoms with Crippen LogP contribution >= 0.6 is 0 Å². The fourth-order valence-corrected chi connectivity index (χ4v) is 2.74. The minimum atomic E-state index is 0.104. The van der Waals surface area contributed by atoms with Gasteiger partial charge in [-0.15, -0.1) is 0 Å². The predicted molar refractivity (Wildman–Crippen MR) is 91.0 cm³/mol. The van der Waals surface area contributed by atoms with Crippen molar-refractivity contribution >= 4 is 5.91 Å². The van der Waals surface area contributed by atoms with Crippen LogP contribution in [0.5, 0.6) is 11.5 Å². The van der Waals surface area contributed by atoms with Gasteiger partial charge in [-0.1, -0.05) is 12.8 Å². The Bertz CT molecular complexity index is 454. The number of nitrogens with zero attached hydrogens (tertiary/aromatic N) is 1. The second-order valence-corrected chi connectivity index (χ2v) is 5.88. The molecule has 0 saturated carbocycles. The standard InChI is InChI=1S/C18H28N2O3/c1-22-16-6-8-17(9-7-16)23-15-11-19-18(21)10-14-20-12-4-2-3-5-13-20/h6-9H,2-5,10-15H2,1H3,(H,19,21). The highest BCUT2D eigenvalue weighted by molar-refractivity contribution is 5.76. The van der Waals surface area contributed by atoms with E-state index in [-0.39, 0.29) is 5.91 Å². The lowest BCUT2D eigenvalue weighted by atomic mass is 10.2. The van der Waals surface area contributed by atoms with Crippen LogP contribution in [0.15, 0.2) is 24.3 Å². The number of methoxy groups -OCH3 is 1. The first-order valence-electron chi connectivity index (χ1n) is 8.54. The van der Waals surface area contributed by atoms with E-state index in [0.29, 0.717) is 19.6 Å². The van der Waals surface area contributed by atoms with Gasteiger partial charge in [-0.05, 0) is 50.2 Å². The van der Waals surface area contributed by atoms with E-state index in [9.17, 15) is 4.79 Å². The molecule has 1 saturated heterocycles. The van der Waals surface area contributed by atoms with Gasteiger partial charge in [-0.25, -0.2) is 0 Å². The van der Waals surface area contributed by atoms with E-state index < -0.39 is 0 Å². The average Bonchev–Trinajstić information content (AvgIpc) is 2.86. The second-order valence-electron chi connectivity index (χ2n) is 5.88. The normalized spacial score (nSPS) is 15.7. The summed E-state index contributed by atoms with van der Waals surface area (Å²) in [5.74, 6) is 1.69. The molecule has 128 valence electrons. The number of hydrogen-bond donors (Lipinski definition) is 1. The summed E-state index contributed by atoms with van der Waals surface area (Å²) in [7, 11) is 1.64. The summed E-state index contributed by atoms with van der Waals surface area (Å²) >= 11 is 0. The maximum atomic E-state index is 11.9. The van der Waals surface area contributed by atoms with Crippen molar-refractivity contribution in [1.82, 2.24) is 10.2 Å². The molecule has 1 fully saturated rings. The van der Waals surface area contributed by atoms with Crippen LogP contribution in [0.2, 0.25) is 0 Å². The molecule has 1 N–H and O–H groups in total. The molecular formula is C18H28N2O3. The van der Waals surface area contributed by atoms with Gasteiger partial charge >= 0.3 is 0 Å². The maximum absolute atomic E-state index is 11.9. The highest BCUT2D eigenvalue weighted by atomic mass is 16.5. The van der Waals surface area contributed by atoms with Crippen molar-refractivity contribution in [2.45, 2.75) is 32.1 Å². The zero-order valence-electron chi connectivity index (χ0n) is 14.1. The summed E-state index contributed by atoms with van der Waals surface area (Å²) in [6, 6.07) is 7.43. The van der Waals surface area contributed by atoms with E-state index in [1.54, 1.807) is 7.11 Å². The molecular weight excluding hydrogens is 292 g/mol. The molecule has 0 unspecified atom stereocenters. The van der Waals surface area contributed by atoms with Crippen molar-refractivity contribution in [3.05, 3.63) is 24.3 Å². The lowest BCUT2D eigenvalue weighted by Crippen LogP contribution is -2.33. The third-order valence-corrected chi connectivity index (χ3v) is 4.11. The van der Waals surface area contributed by atoms with E-state index >= 15 is 0 Å². The molecule has 5 nitrogen and oxygen atoms in total. The van der Waals surface area contributed by atoms with Crippen LogP contribution in [0.4, 0.5) is 0 Å². The van der Waals surface area contributed by atoms with E-state index in [0.717, 1.165) is 31.1 Å². The fourth-order valence-electron chi connectivity index (χ4n) is 2.74. The Balaban J connectivity index is 1.55. The average molecular weight is 320 g/mol. The van der Waals surface area contributed by atoms with Gasteiger partial charge in [0.2, 0.25) is 5.91 Å². The van der Waals surface area contributed by atoms with E-state index in [1.807, 2.05) is 24.3 Å². The molecule has 1 aliphatic rings. The first-order valence-corrected chi connectivity index (χ1v) is 8.54. The Hall–Kier alpha value is -1.75. The van der Waals surface area contributed by atoms with Crippen molar-refractivity contribution in [1.29, 1.82) is 0 Å². The lowest BCUT2D eigenvalue weighted by molar-refractivity contribution is -0.121. The molecule has 1 aromatic carbocycles. The zero-order valence-corrected chi connectivity index (χ0v) is 14.1. The number of ether oxygens (including phenoxy) is 2. The smallest absolute Gasteiger partial charge is 0.221 e. The topological polar surface area (TPSA) is 50.8 Å². The zero-order chi connectivity index (χ0) is 16.3. The Morgan fingerprint density at radius 1 is 1.09 bits per heavy atom. The first-order chi connectivity index (χ1) is 11.3. The molecule has 1 amide bonds. The maximum Gasteiger partial charge on any atom is 0.221 e. The Labute approximate surface area is 139 Å². The van der Waals surface area contributed by atoms with Gasteiger partial charge in [-0.2, -0.15) is 0 Å². The number of benzene rings is 1. The monoisotopic (exact) mass is 320 g/mol. The molecule has 23 heavy (non-hydrogen) atoms. The Kier molecular flexibility index (Phi) is 7.73. The summed E-state index contributed by atoms with van der Waals surface area (Å²) in [6.07, 6.45) is 5.74. The Morgan fingerprint density at radius 3 is 2.39 bits per heavy atom. The molecule has 1 aromatic rings. The SMILES string of the molecule is COc1ccc(OCCNC(=O)CCN2CCCCCC2)cc1. The summed E-state index contributed by atoms with van der Waals surface area (Å²) in [5.41, 5.74) is 0. The molecule has 0 bridgehead atoms. The van der Waals surface area contributed by atoms with Crippen LogP contribution < -0.4 is 14.8 Å². The van der Waals surface area contributed by atoms with Crippen molar-refractivity contribution in [3.63, 3.8) is 0 Å². The molecule has 2 rings (SSSR count). The van der Waals surface area contributed by atoms with Gasteiger partial charge in [0, 0.05) is 13.0 Å². The molecule has 1 aliphatic heterocycles. The number of rotatable bonds is 8. The minimum Gasteiger partial charge on any atom is -0.497 e. The van der Waals surface area contributed by atoms with Gasteiger partial charge in [-0.3, -0.25) is 4.79 Å². The number of nitrogens with one attached hydrogen (secondary N) is 1. The van der Waals surface area contributed by atoms with Crippen LogP contribution in [-0.2, 0) is 4.79 Å². The van der Waals surface area contributed by atoms with E-state index in [4.69, 9.17) is 9.47 Å². The van der Waals surface area contributed by atoms with E-state index in [2.05, 4.69) is 10.2 Å². The molecule has 5 heteroatoms. The van der Waals surface area contributed by atoms with Crippen molar-refractivity contribution in [3.8, 4) is 11.5 Å². The van der Waals surface area contributed by atoms with Crippen LogP contribution in [0.3, 0.4) is 0 Å². The van der Waals surface area contributed by atoms with Crippen molar-refractivity contribution in [2.75, 3.05) is 39.9 Å². The summed E-state index contributed by atoms with van der Waals surface area (Å²) in [4.78, 5) is 14.3. The van der Waals surface area contributed by atoms with Gasteiger partial charge < -0.3 is 19.7 Å². The number of carbonyl (C=O) groups is 1. The molecule has 1 heterocycles. The van der Waals surface area contributed by atoms with E-state index in [1.165, 1.54) is 25.7 Å². The van der Waals surface area contributed by atoms with Crippen molar-refractivity contribution < 1.29 is 14.3 Å². The predicted octanol–water partition coefficient (Wildman–Crippen LogP) is 2.46. The van der Waals surface area contributed by atoms with Crippen LogP contribution in [0.25, 0.3) is 0 Å². The Morgan fingerprint density at radius 2 is 1.74 bits per heavy atom. The largest absolute Gasteiger partial charge is 0.497 e. The van der Waals surface area contributed by atoms with Gasteiger partial charge in [0.25, 0.3) is 0 Å². The minimum absolute atomic E-state index is 0.104. The summed E-state index contributed by atoms with van der Waals surface area (Å²) < 4.78 is 10.7. The lowest BCUT2D eigenvalue weighted by Gasteiger charge is -2.19. The molecule has 0 spiro atoms.